The Morgan fingerprint density at radius 1 is 0.500 bits per heavy atom. The van der Waals surface area contributed by atoms with Crippen LogP contribution in [0.5, 0.6) is 0 Å². The third-order valence-electron chi connectivity index (χ3n) is 13.4. The van der Waals surface area contributed by atoms with Crippen molar-refractivity contribution in [3.05, 3.63) is 161 Å². The Morgan fingerprint density at radius 3 is 1.69 bits per heavy atom. The maximum Gasteiger partial charge on any atom is 0.143 e. The van der Waals surface area contributed by atoms with Gasteiger partial charge in [0.05, 0.1) is 5.69 Å². The Balaban J connectivity index is 1.20. The normalized spacial score (nSPS) is 16.7. The molecule has 2 heteroatoms. The van der Waals surface area contributed by atoms with Crippen LogP contribution in [-0.4, -0.2) is 0 Å². The van der Waals surface area contributed by atoms with Gasteiger partial charge in [-0.15, -0.1) is 0 Å². The van der Waals surface area contributed by atoms with Crippen LogP contribution in [-0.2, 0) is 10.8 Å². The van der Waals surface area contributed by atoms with Gasteiger partial charge in [-0.25, -0.2) is 0 Å². The molecule has 264 valence electrons. The predicted octanol–water partition coefficient (Wildman–Crippen LogP) is 14.9. The summed E-state index contributed by atoms with van der Waals surface area (Å²) in [5.41, 5.74) is 17.6. The SMILES string of the molecule is CC1(C)c2ccccc2-c2ccc(N(c3ccc4c(c3)C(C)(C)c3ccccc3-4)c3cc4c(oc5cccc(C6CCCCC6)c54)c4ccccc34)cc21. The molecule has 0 radical (unpaired) electrons. The molecule has 3 aliphatic rings. The summed E-state index contributed by atoms with van der Waals surface area (Å²) in [5.74, 6) is 0.565. The van der Waals surface area contributed by atoms with Gasteiger partial charge in [0.2, 0.25) is 0 Å². The lowest BCUT2D eigenvalue weighted by molar-refractivity contribution is 0.445. The highest BCUT2D eigenvalue weighted by molar-refractivity contribution is 6.20. The molecule has 0 unspecified atom stereocenters. The molecule has 1 fully saturated rings. The molecule has 8 aromatic rings. The highest BCUT2D eigenvalue weighted by Crippen LogP contribution is 2.54. The number of fused-ring (bicyclic) bond motifs is 11. The van der Waals surface area contributed by atoms with Crippen molar-refractivity contribution < 1.29 is 4.42 Å². The Bertz CT molecular complexity index is 2720. The molecule has 0 atom stereocenters. The Morgan fingerprint density at radius 2 is 1.06 bits per heavy atom. The molecular weight excluding hydrogens is 655 g/mol. The van der Waals surface area contributed by atoms with E-state index in [1.165, 1.54) is 115 Å². The van der Waals surface area contributed by atoms with Crippen LogP contribution in [0.1, 0.15) is 93.5 Å². The van der Waals surface area contributed by atoms with Crippen LogP contribution in [0.15, 0.2) is 138 Å². The zero-order valence-electron chi connectivity index (χ0n) is 31.7. The smallest absolute Gasteiger partial charge is 0.143 e. The largest absolute Gasteiger partial charge is 0.455 e. The van der Waals surface area contributed by atoms with E-state index < -0.39 is 0 Å². The average Bonchev–Trinajstić information content (AvgIpc) is 3.78. The van der Waals surface area contributed by atoms with Crippen molar-refractivity contribution in [2.24, 2.45) is 0 Å². The van der Waals surface area contributed by atoms with Gasteiger partial charge in [-0.3, -0.25) is 0 Å². The lowest BCUT2D eigenvalue weighted by atomic mass is 9.82. The number of furan rings is 1. The number of benzene rings is 7. The van der Waals surface area contributed by atoms with Gasteiger partial charge in [0.15, 0.2) is 0 Å². The Hall–Kier alpha value is -5.60. The monoisotopic (exact) mass is 699 g/mol. The lowest BCUT2D eigenvalue weighted by Crippen LogP contribution is -2.18. The molecule has 54 heavy (non-hydrogen) atoms. The van der Waals surface area contributed by atoms with E-state index in [9.17, 15) is 0 Å². The second-order valence-corrected chi connectivity index (χ2v) is 17.1. The number of hydrogen-bond donors (Lipinski definition) is 0. The maximum atomic E-state index is 6.87. The van der Waals surface area contributed by atoms with E-state index in [4.69, 9.17) is 4.42 Å². The first-order chi connectivity index (χ1) is 26.3. The van der Waals surface area contributed by atoms with Gasteiger partial charge in [-0.2, -0.15) is 0 Å². The van der Waals surface area contributed by atoms with Crippen molar-refractivity contribution in [1.29, 1.82) is 0 Å². The Kier molecular flexibility index (Phi) is 6.76. The van der Waals surface area contributed by atoms with E-state index in [0.717, 1.165) is 16.6 Å². The minimum Gasteiger partial charge on any atom is -0.455 e. The van der Waals surface area contributed by atoms with E-state index in [2.05, 4.69) is 166 Å². The van der Waals surface area contributed by atoms with Crippen LogP contribution in [0.25, 0.3) is 55.0 Å². The van der Waals surface area contributed by atoms with Gasteiger partial charge in [0.1, 0.15) is 11.2 Å². The van der Waals surface area contributed by atoms with Crippen molar-refractivity contribution in [2.45, 2.75) is 76.5 Å². The van der Waals surface area contributed by atoms with Crippen molar-refractivity contribution >= 4 is 49.8 Å². The molecule has 0 saturated heterocycles. The summed E-state index contributed by atoms with van der Waals surface area (Å²) in [6.45, 7) is 9.53. The molecule has 0 aliphatic heterocycles. The van der Waals surface area contributed by atoms with E-state index in [0.29, 0.717) is 5.92 Å². The van der Waals surface area contributed by atoms with Crippen LogP contribution in [0.4, 0.5) is 17.1 Å². The predicted molar refractivity (Wildman–Crippen MR) is 227 cm³/mol. The molecule has 11 rings (SSSR count). The van der Waals surface area contributed by atoms with E-state index in [1.807, 2.05) is 0 Å². The Labute approximate surface area is 318 Å². The first kappa shape index (κ1) is 31.9. The van der Waals surface area contributed by atoms with Gasteiger partial charge in [-0.1, -0.05) is 144 Å². The number of rotatable bonds is 4. The van der Waals surface area contributed by atoms with Gasteiger partial charge in [-0.05, 0) is 105 Å². The molecule has 3 aliphatic carbocycles. The van der Waals surface area contributed by atoms with Crippen molar-refractivity contribution in [3.8, 4) is 22.3 Å². The van der Waals surface area contributed by atoms with Crippen LogP contribution < -0.4 is 4.90 Å². The van der Waals surface area contributed by atoms with Gasteiger partial charge in [0, 0.05) is 43.7 Å². The number of hydrogen-bond acceptors (Lipinski definition) is 2. The molecule has 2 nitrogen and oxygen atoms in total. The summed E-state index contributed by atoms with van der Waals surface area (Å²) >= 11 is 0. The first-order valence-electron chi connectivity index (χ1n) is 20.0. The van der Waals surface area contributed by atoms with E-state index in [1.54, 1.807) is 0 Å². The zero-order valence-corrected chi connectivity index (χ0v) is 31.7. The second kappa shape index (κ2) is 11.5. The summed E-state index contributed by atoms with van der Waals surface area (Å²) in [6, 6.07) is 50.4. The minimum absolute atomic E-state index is 0.114. The first-order valence-corrected chi connectivity index (χ1v) is 20.0. The van der Waals surface area contributed by atoms with Gasteiger partial charge >= 0.3 is 0 Å². The molecule has 1 saturated carbocycles. The zero-order chi connectivity index (χ0) is 36.3. The molecule has 1 aromatic heterocycles. The lowest BCUT2D eigenvalue weighted by Gasteiger charge is -2.30. The van der Waals surface area contributed by atoms with E-state index in [-0.39, 0.29) is 10.8 Å². The summed E-state index contributed by atoms with van der Waals surface area (Å²) in [5, 5.41) is 4.85. The number of nitrogens with zero attached hydrogens (tertiary/aromatic N) is 1. The fourth-order valence-electron chi connectivity index (χ4n) is 10.7. The van der Waals surface area contributed by atoms with Crippen LogP contribution >= 0.6 is 0 Å². The molecular formula is C52H45NO. The summed E-state index contributed by atoms with van der Waals surface area (Å²) < 4.78 is 6.87. The molecule has 1 heterocycles. The maximum absolute atomic E-state index is 6.87. The van der Waals surface area contributed by atoms with Gasteiger partial charge < -0.3 is 9.32 Å². The average molecular weight is 700 g/mol. The third-order valence-corrected chi connectivity index (χ3v) is 13.4. The molecule has 7 aromatic carbocycles. The summed E-state index contributed by atoms with van der Waals surface area (Å²) in [6.07, 6.45) is 6.44. The second-order valence-electron chi connectivity index (χ2n) is 17.1. The van der Waals surface area contributed by atoms with E-state index >= 15 is 0 Å². The molecule has 0 spiro atoms. The molecule has 0 N–H and O–H groups in total. The third kappa shape index (κ3) is 4.40. The van der Waals surface area contributed by atoms with Crippen LogP contribution in [0.2, 0.25) is 0 Å². The quantitative estimate of drug-likeness (QED) is 0.182. The highest BCUT2D eigenvalue weighted by atomic mass is 16.3. The highest BCUT2D eigenvalue weighted by Gasteiger charge is 2.38. The van der Waals surface area contributed by atoms with Crippen molar-refractivity contribution in [1.82, 2.24) is 0 Å². The minimum atomic E-state index is -0.114. The molecule has 0 bridgehead atoms. The standard InChI is InChI=1S/C52H45NO/c1-51(2)43-22-12-10-17-36(43)38-27-25-33(29-45(38)51)53(34-26-28-39-37-18-11-13-23-44(37)52(3,4)46(39)30-34)47-31-42-49-35(32-15-6-5-7-16-32)21-14-24-48(49)54-50(42)41-20-9-8-19-40(41)47/h8-14,17-32H,5-7,15-16H2,1-4H3. The summed E-state index contributed by atoms with van der Waals surface area (Å²) in [4.78, 5) is 2.54. The van der Waals surface area contributed by atoms with Crippen molar-refractivity contribution in [3.63, 3.8) is 0 Å². The van der Waals surface area contributed by atoms with Crippen molar-refractivity contribution in [2.75, 3.05) is 4.90 Å². The summed E-state index contributed by atoms with van der Waals surface area (Å²) in [7, 11) is 0. The number of anilines is 3. The topological polar surface area (TPSA) is 16.4 Å². The van der Waals surface area contributed by atoms with Crippen LogP contribution in [0.3, 0.4) is 0 Å². The fourth-order valence-corrected chi connectivity index (χ4v) is 10.7. The fraction of sp³-hybridized carbons (Fsp3) is 0.231. The van der Waals surface area contributed by atoms with Crippen LogP contribution in [0, 0.1) is 0 Å². The van der Waals surface area contributed by atoms with Gasteiger partial charge in [0.25, 0.3) is 0 Å². The molecule has 0 amide bonds.